The molecule has 0 saturated heterocycles. The number of carbonyl (C=O) groups excluding carboxylic acids is 1. The van der Waals surface area contributed by atoms with Crippen LogP contribution in [0.5, 0.6) is 0 Å². The Kier molecular flexibility index (Phi) is 5.26. The summed E-state index contributed by atoms with van der Waals surface area (Å²) < 4.78 is 4.86. The van der Waals surface area contributed by atoms with Crippen molar-refractivity contribution in [3.05, 3.63) is 0 Å². The molecule has 1 aliphatic rings. The second-order valence-corrected chi connectivity index (χ2v) is 5.13. The number of esters is 1. The van der Waals surface area contributed by atoms with Gasteiger partial charge in [-0.3, -0.25) is 4.79 Å². The summed E-state index contributed by atoms with van der Waals surface area (Å²) in [5.41, 5.74) is 0. The molecule has 1 rings (SSSR count). The number of hydrogen-bond donors (Lipinski definition) is 1. The molecule has 1 saturated carbocycles. The van der Waals surface area contributed by atoms with E-state index in [1.807, 2.05) is 0 Å². The minimum absolute atomic E-state index is 0.128. The quantitative estimate of drug-likeness (QED) is 0.678. The fourth-order valence-corrected chi connectivity index (χ4v) is 2.06. The number of hydrogen-bond acceptors (Lipinski definition) is 3. The molecule has 0 aromatic heterocycles. The topological polar surface area (TPSA) is 38.3 Å². The molecule has 94 valence electrons. The van der Waals surface area contributed by atoms with Crippen LogP contribution in [0.4, 0.5) is 0 Å². The summed E-state index contributed by atoms with van der Waals surface area (Å²) in [4.78, 5) is 11.7. The van der Waals surface area contributed by atoms with Gasteiger partial charge in [-0.05, 0) is 25.2 Å². The normalized spacial score (nSPS) is 21.2. The van der Waals surface area contributed by atoms with Gasteiger partial charge in [0.25, 0.3) is 0 Å². The van der Waals surface area contributed by atoms with Crippen molar-refractivity contribution in [2.24, 2.45) is 11.8 Å². The van der Waals surface area contributed by atoms with Crippen molar-refractivity contribution in [2.75, 3.05) is 7.11 Å². The van der Waals surface area contributed by atoms with Crippen LogP contribution in [0.25, 0.3) is 0 Å². The third kappa shape index (κ3) is 4.12. The van der Waals surface area contributed by atoms with Gasteiger partial charge in [-0.25, -0.2) is 0 Å². The van der Waals surface area contributed by atoms with Crippen LogP contribution in [-0.4, -0.2) is 25.2 Å². The minimum atomic E-state index is -0.149. The Labute approximate surface area is 98.9 Å². The predicted octanol–water partition coefficient (Wildman–Crippen LogP) is 2.35. The average Bonchev–Trinajstić information content (AvgIpc) is 3.07. The number of ether oxygens (including phenoxy) is 1. The molecule has 3 unspecified atom stereocenters. The molecule has 0 aromatic rings. The zero-order valence-electron chi connectivity index (χ0n) is 11.0. The molecular weight excluding hydrogens is 202 g/mol. The minimum Gasteiger partial charge on any atom is -0.468 e. The van der Waals surface area contributed by atoms with Gasteiger partial charge in [0, 0.05) is 6.04 Å². The standard InChI is InChI=1S/C13H25NO2/c1-5-9(2)12(13(15)16-4)14-10(3)8-11-6-7-11/h9-12,14H,5-8H2,1-4H3. The number of rotatable bonds is 7. The fourth-order valence-electron chi connectivity index (χ4n) is 2.06. The van der Waals surface area contributed by atoms with Crippen LogP contribution in [-0.2, 0) is 9.53 Å². The van der Waals surface area contributed by atoms with E-state index in [4.69, 9.17) is 4.74 Å². The zero-order chi connectivity index (χ0) is 12.1. The molecule has 1 fully saturated rings. The van der Waals surface area contributed by atoms with E-state index in [9.17, 15) is 4.79 Å². The monoisotopic (exact) mass is 227 g/mol. The van der Waals surface area contributed by atoms with Gasteiger partial charge >= 0.3 is 5.97 Å². The highest BCUT2D eigenvalue weighted by Gasteiger charge is 2.29. The van der Waals surface area contributed by atoms with E-state index >= 15 is 0 Å². The summed E-state index contributed by atoms with van der Waals surface area (Å²) in [5.74, 6) is 1.09. The van der Waals surface area contributed by atoms with Crippen molar-refractivity contribution < 1.29 is 9.53 Å². The molecule has 1 aliphatic carbocycles. The fraction of sp³-hybridized carbons (Fsp3) is 0.923. The summed E-state index contributed by atoms with van der Waals surface area (Å²) in [5, 5.41) is 3.42. The van der Waals surface area contributed by atoms with Crippen LogP contribution in [0, 0.1) is 11.8 Å². The van der Waals surface area contributed by atoms with Gasteiger partial charge in [-0.15, -0.1) is 0 Å². The smallest absolute Gasteiger partial charge is 0.323 e. The van der Waals surface area contributed by atoms with E-state index in [0.717, 1.165) is 12.3 Å². The maximum Gasteiger partial charge on any atom is 0.323 e. The van der Waals surface area contributed by atoms with Gasteiger partial charge in [0.05, 0.1) is 7.11 Å². The molecule has 0 amide bonds. The molecule has 0 radical (unpaired) electrons. The first-order valence-electron chi connectivity index (χ1n) is 6.42. The maximum absolute atomic E-state index is 11.7. The Hall–Kier alpha value is -0.570. The highest BCUT2D eigenvalue weighted by Crippen LogP contribution is 2.33. The Morgan fingerprint density at radius 3 is 2.50 bits per heavy atom. The Morgan fingerprint density at radius 2 is 2.06 bits per heavy atom. The molecule has 0 aromatic carbocycles. The molecule has 1 N–H and O–H groups in total. The van der Waals surface area contributed by atoms with Gasteiger partial charge in [0.2, 0.25) is 0 Å². The van der Waals surface area contributed by atoms with Crippen LogP contribution in [0.15, 0.2) is 0 Å². The van der Waals surface area contributed by atoms with Gasteiger partial charge < -0.3 is 10.1 Å². The highest BCUT2D eigenvalue weighted by molar-refractivity contribution is 5.76. The van der Waals surface area contributed by atoms with Crippen molar-refractivity contribution >= 4 is 5.97 Å². The summed E-state index contributed by atoms with van der Waals surface area (Å²) in [6.45, 7) is 6.36. The second kappa shape index (κ2) is 6.24. The first kappa shape index (κ1) is 13.5. The molecular formula is C13H25NO2. The van der Waals surface area contributed by atoms with Crippen LogP contribution >= 0.6 is 0 Å². The highest BCUT2D eigenvalue weighted by atomic mass is 16.5. The lowest BCUT2D eigenvalue weighted by Gasteiger charge is -2.25. The SMILES string of the molecule is CCC(C)C(NC(C)CC1CC1)C(=O)OC. The third-order valence-corrected chi connectivity index (χ3v) is 3.52. The molecule has 3 atom stereocenters. The van der Waals surface area contributed by atoms with E-state index in [2.05, 4.69) is 26.1 Å². The van der Waals surface area contributed by atoms with E-state index in [1.54, 1.807) is 0 Å². The Morgan fingerprint density at radius 1 is 1.44 bits per heavy atom. The molecule has 0 bridgehead atoms. The number of nitrogens with one attached hydrogen (secondary N) is 1. The van der Waals surface area contributed by atoms with E-state index < -0.39 is 0 Å². The van der Waals surface area contributed by atoms with Crippen LogP contribution in [0.2, 0.25) is 0 Å². The van der Waals surface area contributed by atoms with Crippen LogP contribution in [0.1, 0.15) is 46.5 Å². The lowest BCUT2D eigenvalue weighted by molar-refractivity contribution is -0.144. The van der Waals surface area contributed by atoms with Gasteiger partial charge in [0.1, 0.15) is 6.04 Å². The summed E-state index contributed by atoms with van der Waals surface area (Å²) in [6.07, 6.45) is 4.89. The lowest BCUT2D eigenvalue weighted by Crippen LogP contribution is -2.46. The average molecular weight is 227 g/mol. The Balaban J connectivity index is 2.43. The maximum atomic E-state index is 11.7. The van der Waals surface area contributed by atoms with Crippen molar-refractivity contribution in [1.29, 1.82) is 0 Å². The van der Waals surface area contributed by atoms with Gasteiger partial charge in [-0.1, -0.05) is 33.1 Å². The number of carbonyl (C=O) groups is 1. The molecule has 0 spiro atoms. The third-order valence-electron chi connectivity index (χ3n) is 3.52. The molecule has 3 heteroatoms. The van der Waals surface area contributed by atoms with E-state index in [-0.39, 0.29) is 12.0 Å². The van der Waals surface area contributed by atoms with Crippen molar-refractivity contribution in [3.63, 3.8) is 0 Å². The van der Waals surface area contributed by atoms with Gasteiger partial charge in [-0.2, -0.15) is 0 Å². The van der Waals surface area contributed by atoms with E-state index in [1.165, 1.54) is 26.4 Å². The largest absolute Gasteiger partial charge is 0.468 e. The molecule has 16 heavy (non-hydrogen) atoms. The zero-order valence-corrected chi connectivity index (χ0v) is 11.0. The van der Waals surface area contributed by atoms with Crippen molar-refractivity contribution in [3.8, 4) is 0 Å². The molecule has 0 heterocycles. The van der Waals surface area contributed by atoms with Crippen molar-refractivity contribution in [2.45, 2.75) is 58.5 Å². The second-order valence-electron chi connectivity index (χ2n) is 5.13. The Bertz CT molecular complexity index is 226. The predicted molar refractivity (Wildman–Crippen MR) is 65.2 cm³/mol. The summed E-state index contributed by atoms with van der Waals surface area (Å²) >= 11 is 0. The van der Waals surface area contributed by atoms with Crippen LogP contribution in [0.3, 0.4) is 0 Å². The summed E-state index contributed by atoms with van der Waals surface area (Å²) in [6, 6.07) is 0.259. The van der Waals surface area contributed by atoms with E-state index in [0.29, 0.717) is 12.0 Å². The molecule has 0 aliphatic heterocycles. The number of methoxy groups -OCH3 is 1. The lowest BCUT2D eigenvalue weighted by atomic mass is 9.97. The molecule has 3 nitrogen and oxygen atoms in total. The first-order valence-corrected chi connectivity index (χ1v) is 6.42. The van der Waals surface area contributed by atoms with Crippen LogP contribution < -0.4 is 5.32 Å². The van der Waals surface area contributed by atoms with Gasteiger partial charge in [0.15, 0.2) is 0 Å². The first-order chi connectivity index (χ1) is 7.58. The van der Waals surface area contributed by atoms with Crippen molar-refractivity contribution in [1.82, 2.24) is 5.32 Å². The summed E-state index contributed by atoms with van der Waals surface area (Å²) in [7, 11) is 1.46.